The lowest BCUT2D eigenvalue weighted by Gasteiger charge is -2.26. The Kier molecular flexibility index (Phi) is 3.31. The summed E-state index contributed by atoms with van der Waals surface area (Å²) in [5.41, 5.74) is 5.07. The average Bonchev–Trinajstić information content (AvgIpc) is 3.16. The largest absolute Gasteiger partial charge is 0.461 e. The van der Waals surface area contributed by atoms with E-state index in [1.807, 2.05) is 25.3 Å². The van der Waals surface area contributed by atoms with Crippen LogP contribution in [0.2, 0.25) is 0 Å². The molecular weight excluding hydrogens is 274 g/mol. The maximum Gasteiger partial charge on any atom is 0.134 e. The van der Waals surface area contributed by atoms with Crippen LogP contribution in [0.3, 0.4) is 0 Å². The number of nitrogens with one attached hydrogen (secondary N) is 1. The quantitative estimate of drug-likeness (QED) is 0.803. The number of hydrogen-bond acceptors (Lipinski definition) is 3. The predicted molar refractivity (Wildman–Crippen MR) is 85.3 cm³/mol. The highest BCUT2D eigenvalue weighted by atomic mass is 16.3. The fraction of sp³-hybridized carbons (Fsp3) is 0.278. The second-order valence-corrected chi connectivity index (χ2v) is 5.95. The van der Waals surface area contributed by atoms with Crippen LogP contribution in [0.15, 0.2) is 47.0 Å². The van der Waals surface area contributed by atoms with E-state index in [4.69, 9.17) is 4.42 Å². The zero-order valence-electron chi connectivity index (χ0n) is 12.7. The van der Waals surface area contributed by atoms with E-state index < -0.39 is 0 Å². The van der Waals surface area contributed by atoms with Crippen LogP contribution in [-0.2, 0) is 19.5 Å². The molecule has 0 radical (unpaired) electrons. The Bertz CT molecular complexity index is 787. The molecule has 4 heteroatoms. The van der Waals surface area contributed by atoms with Crippen LogP contribution in [0, 0.1) is 6.92 Å². The second-order valence-electron chi connectivity index (χ2n) is 5.95. The van der Waals surface area contributed by atoms with Crippen molar-refractivity contribution in [1.29, 1.82) is 0 Å². The van der Waals surface area contributed by atoms with Gasteiger partial charge in [0, 0.05) is 42.9 Å². The molecule has 0 amide bonds. The van der Waals surface area contributed by atoms with Crippen molar-refractivity contribution in [2.24, 2.45) is 0 Å². The number of H-pyrrole nitrogens is 1. The molecule has 0 unspecified atom stereocenters. The fourth-order valence-corrected chi connectivity index (χ4v) is 3.09. The molecule has 0 saturated carbocycles. The minimum Gasteiger partial charge on any atom is -0.461 e. The molecule has 112 valence electrons. The molecule has 4 rings (SSSR count). The molecule has 0 bridgehead atoms. The van der Waals surface area contributed by atoms with Crippen LogP contribution in [0.25, 0.3) is 11.3 Å². The Morgan fingerprint density at radius 1 is 1.27 bits per heavy atom. The van der Waals surface area contributed by atoms with E-state index in [9.17, 15) is 0 Å². The number of furan rings is 1. The zero-order valence-corrected chi connectivity index (χ0v) is 12.7. The number of fused-ring (bicyclic) bond motifs is 1. The summed E-state index contributed by atoms with van der Waals surface area (Å²) in [4.78, 5) is 2.46. The van der Waals surface area contributed by atoms with E-state index >= 15 is 0 Å². The molecule has 1 aromatic carbocycles. The summed E-state index contributed by atoms with van der Waals surface area (Å²) < 4.78 is 5.72. The number of aromatic amines is 1. The topological polar surface area (TPSA) is 45.1 Å². The molecule has 0 fully saturated rings. The number of rotatable bonds is 3. The van der Waals surface area contributed by atoms with Gasteiger partial charge >= 0.3 is 0 Å². The first-order valence-electron chi connectivity index (χ1n) is 7.67. The Labute approximate surface area is 129 Å². The van der Waals surface area contributed by atoms with Gasteiger partial charge in [-0.3, -0.25) is 10.00 Å². The molecule has 1 N–H and O–H groups in total. The lowest BCUT2D eigenvalue weighted by Crippen LogP contribution is -2.29. The molecule has 3 heterocycles. The third-order valence-electron chi connectivity index (χ3n) is 4.24. The Morgan fingerprint density at radius 2 is 2.23 bits per heavy atom. The van der Waals surface area contributed by atoms with Gasteiger partial charge < -0.3 is 4.42 Å². The number of aryl methyl sites for hydroxylation is 1. The highest BCUT2D eigenvalue weighted by molar-refractivity contribution is 5.58. The molecule has 2 aromatic heterocycles. The van der Waals surface area contributed by atoms with Gasteiger partial charge in [-0.25, -0.2) is 0 Å². The van der Waals surface area contributed by atoms with Gasteiger partial charge in [0.15, 0.2) is 0 Å². The minimum absolute atomic E-state index is 0.940. The SMILES string of the molecule is Cc1ccc(-c2cccc(CN3CCc4[nH]ncc4C3)c2)o1. The van der Waals surface area contributed by atoms with Gasteiger partial charge in [0.25, 0.3) is 0 Å². The normalized spacial score (nSPS) is 15.0. The highest BCUT2D eigenvalue weighted by Gasteiger charge is 2.17. The van der Waals surface area contributed by atoms with Crippen LogP contribution >= 0.6 is 0 Å². The standard InChI is InChI=1S/C18H19N3O/c1-13-5-6-18(22-13)15-4-2-3-14(9-15)11-21-8-7-17-16(12-21)10-19-20-17/h2-6,9-10H,7-8,11-12H2,1H3,(H,19,20). The number of hydrogen-bond donors (Lipinski definition) is 1. The first-order chi connectivity index (χ1) is 10.8. The lowest BCUT2D eigenvalue weighted by molar-refractivity contribution is 0.245. The predicted octanol–water partition coefficient (Wildman–Crippen LogP) is 3.54. The van der Waals surface area contributed by atoms with Gasteiger partial charge in [-0.05, 0) is 30.7 Å². The molecule has 4 nitrogen and oxygen atoms in total. The summed E-state index contributed by atoms with van der Waals surface area (Å²) in [6, 6.07) is 12.7. The van der Waals surface area contributed by atoms with Crippen LogP contribution < -0.4 is 0 Å². The minimum atomic E-state index is 0.940. The number of nitrogens with zero attached hydrogens (tertiary/aromatic N) is 2. The summed E-state index contributed by atoms with van der Waals surface area (Å²) in [6.45, 7) is 4.97. The van der Waals surface area contributed by atoms with Crippen LogP contribution in [0.4, 0.5) is 0 Å². The average molecular weight is 293 g/mol. The van der Waals surface area contributed by atoms with Crippen LogP contribution in [0.1, 0.15) is 22.6 Å². The summed E-state index contributed by atoms with van der Waals surface area (Å²) in [5, 5.41) is 7.22. The Morgan fingerprint density at radius 3 is 3.09 bits per heavy atom. The van der Waals surface area contributed by atoms with E-state index in [1.165, 1.54) is 16.8 Å². The summed E-state index contributed by atoms with van der Waals surface area (Å²) >= 11 is 0. The molecule has 0 spiro atoms. The van der Waals surface area contributed by atoms with E-state index in [2.05, 4.69) is 39.4 Å². The Balaban J connectivity index is 1.52. The molecule has 0 atom stereocenters. The van der Waals surface area contributed by atoms with E-state index in [1.54, 1.807) is 0 Å². The molecule has 22 heavy (non-hydrogen) atoms. The third kappa shape index (κ3) is 2.57. The van der Waals surface area contributed by atoms with Gasteiger partial charge in [-0.1, -0.05) is 18.2 Å². The smallest absolute Gasteiger partial charge is 0.134 e. The van der Waals surface area contributed by atoms with E-state index in [-0.39, 0.29) is 0 Å². The molecular formula is C18H19N3O. The highest BCUT2D eigenvalue weighted by Crippen LogP contribution is 2.24. The van der Waals surface area contributed by atoms with Crippen molar-refractivity contribution in [1.82, 2.24) is 15.1 Å². The number of benzene rings is 1. The second kappa shape index (κ2) is 5.46. The van der Waals surface area contributed by atoms with Gasteiger partial charge in [0.05, 0.1) is 6.20 Å². The summed E-state index contributed by atoms with van der Waals surface area (Å²) in [5.74, 6) is 1.89. The van der Waals surface area contributed by atoms with Gasteiger partial charge in [0.1, 0.15) is 11.5 Å². The zero-order chi connectivity index (χ0) is 14.9. The van der Waals surface area contributed by atoms with Crippen molar-refractivity contribution >= 4 is 0 Å². The van der Waals surface area contributed by atoms with Crippen molar-refractivity contribution in [2.45, 2.75) is 26.4 Å². The molecule has 1 aliphatic rings. The third-order valence-corrected chi connectivity index (χ3v) is 4.24. The van der Waals surface area contributed by atoms with Crippen molar-refractivity contribution in [3.8, 4) is 11.3 Å². The summed E-state index contributed by atoms with van der Waals surface area (Å²) in [7, 11) is 0. The van der Waals surface area contributed by atoms with Crippen molar-refractivity contribution < 1.29 is 4.42 Å². The summed E-state index contributed by atoms with van der Waals surface area (Å²) in [6.07, 6.45) is 3.00. The van der Waals surface area contributed by atoms with Crippen molar-refractivity contribution in [2.75, 3.05) is 6.54 Å². The maximum atomic E-state index is 5.72. The monoisotopic (exact) mass is 293 g/mol. The Hall–Kier alpha value is -2.33. The first-order valence-corrected chi connectivity index (χ1v) is 7.67. The van der Waals surface area contributed by atoms with Crippen LogP contribution in [0.5, 0.6) is 0 Å². The lowest BCUT2D eigenvalue weighted by atomic mass is 10.1. The molecule has 1 aliphatic heterocycles. The molecule has 0 saturated heterocycles. The maximum absolute atomic E-state index is 5.72. The van der Waals surface area contributed by atoms with Crippen LogP contribution in [-0.4, -0.2) is 21.6 Å². The van der Waals surface area contributed by atoms with E-state index in [0.29, 0.717) is 0 Å². The first kappa shape index (κ1) is 13.3. The van der Waals surface area contributed by atoms with Crippen molar-refractivity contribution in [3.63, 3.8) is 0 Å². The molecule has 3 aromatic rings. The van der Waals surface area contributed by atoms with Gasteiger partial charge in [-0.15, -0.1) is 0 Å². The van der Waals surface area contributed by atoms with Crippen molar-refractivity contribution in [3.05, 3.63) is 65.2 Å². The van der Waals surface area contributed by atoms with Gasteiger partial charge in [-0.2, -0.15) is 5.10 Å². The molecule has 0 aliphatic carbocycles. The van der Waals surface area contributed by atoms with E-state index in [0.717, 1.165) is 43.1 Å². The fourth-order valence-electron chi connectivity index (χ4n) is 3.09. The van der Waals surface area contributed by atoms with Gasteiger partial charge in [0.2, 0.25) is 0 Å². The number of aromatic nitrogens is 2.